The quantitative estimate of drug-likeness (QED) is 0.546. The van der Waals surface area contributed by atoms with Crippen molar-refractivity contribution in [3.8, 4) is 0 Å². The lowest BCUT2D eigenvalue weighted by molar-refractivity contribution is 0.0730. The van der Waals surface area contributed by atoms with Crippen molar-refractivity contribution in [2.24, 2.45) is 0 Å². The van der Waals surface area contributed by atoms with Crippen LogP contribution >= 0.6 is 0 Å². The first-order valence-electron chi connectivity index (χ1n) is 12.3. The van der Waals surface area contributed by atoms with Gasteiger partial charge in [0.2, 0.25) is 10.0 Å². The maximum absolute atomic E-state index is 12.8. The molecule has 0 radical (unpaired) electrons. The molecule has 7 nitrogen and oxygen atoms in total. The van der Waals surface area contributed by atoms with Gasteiger partial charge in [0.25, 0.3) is 5.91 Å². The average molecular weight is 506 g/mol. The van der Waals surface area contributed by atoms with E-state index in [-0.39, 0.29) is 16.8 Å². The van der Waals surface area contributed by atoms with Crippen molar-refractivity contribution in [3.05, 3.63) is 95.1 Å². The monoisotopic (exact) mass is 505 g/mol. The summed E-state index contributed by atoms with van der Waals surface area (Å²) in [5.41, 5.74) is 5.09. The second-order valence-corrected chi connectivity index (χ2v) is 11.2. The first-order valence-corrected chi connectivity index (χ1v) is 13.8. The highest BCUT2D eigenvalue weighted by Gasteiger charge is 2.26. The van der Waals surface area contributed by atoms with Crippen molar-refractivity contribution in [1.29, 1.82) is 0 Å². The molecule has 3 aromatic carbocycles. The molecule has 0 bridgehead atoms. The van der Waals surface area contributed by atoms with Gasteiger partial charge in [-0.3, -0.25) is 9.69 Å². The maximum Gasteiger partial charge on any atom is 0.255 e. The van der Waals surface area contributed by atoms with Crippen molar-refractivity contribution in [1.82, 2.24) is 9.21 Å². The van der Waals surface area contributed by atoms with Gasteiger partial charge in [-0.25, -0.2) is 8.42 Å². The van der Waals surface area contributed by atoms with Crippen molar-refractivity contribution < 1.29 is 17.9 Å². The molecular weight excluding hydrogens is 474 g/mol. The van der Waals surface area contributed by atoms with Gasteiger partial charge in [0.1, 0.15) is 0 Å². The van der Waals surface area contributed by atoms with Gasteiger partial charge in [0.15, 0.2) is 0 Å². The first kappa shape index (κ1) is 24.6. The highest BCUT2D eigenvalue weighted by Crippen LogP contribution is 2.28. The molecule has 1 amide bonds. The van der Waals surface area contributed by atoms with E-state index in [1.807, 2.05) is 24.3 Å². The van der Waals surface area contributed by atoms with Crippen LogP contribution in [0.25, 0.3) is 0 Å². The molecule has 0 spiro atoms. The Morgan fingerprint density at radius 2 is 1.56 bits per heavy atom. The first-order chi connectivity index (χ1) is 17.4. The molecule has 3 aromatic rings. The number of rotatable bonds is 6. The van der Waals surface area contributed by atoms with Crippen LogP contribution in [0.15, 0.2) is 77.7 Å². The number of ether oxygens (including phenoxy) is 1. The zero-order valence-electron chi connectivity index (χ0n) is 20.4. The molecule has 2 aliphatic heterocycles. The Hall–Kier alpha value is -3.04. The number of carbonyl (C=O) groups is 1. The maximum atomic E-state index is 12.8. The van der Waals surface area contributed by atoms with Crippen molar-refractivity contribution in [2.75, 3.05) is 38.2 Å². The minimum Gasteiger partial charge on any atom is -0.379 e. The lowest BCUT2D eigenvalue weighted by Gasteiger charge is -2.34. The number of sulfonamides is 1. The predicted octanol–water partition coefficient (Wildman–Crippen LogP) is 4.08. The summed E-state index contributed by atoms with van der Waals surface area (Å²) in [6.45, 7) is 5.64. The van der Waals surface area contributed by atoms with Crippen LogP contribution in [0.2, 0.25) is 0 Å². The summed E-state index contributed by atoms with van der Waals surface area (Å²) in [5.74, 6) is -0.232. The summed E-state index contributed by atoms with van der Waals surface area (Å²) in [7, 11) is -3.56. The van der Waals surface area contributed by atoms with Gasteiger partial charge >= 0.3 is 0 Å². The van der Waals surface area contributed by atoms with E-state index in [0.29, 0.717) is 37.6 Å². The van der Waals surface area contributed by atoms with Crippen LogP contribution in [0, 0.1) is 0 Å². The summed E-state index contributed by atoms with van der Waals surface area (Å²) in [4.78, 5) is 15.5. The zero-order chi connectivity index (χ0) is 25.1. The van der Waals surface area contributed by atoms with E-state index in [0.717, 1.165) is 19.5 Å². The third-order valence-electron chi connectivity index (χ3n) is 7.08. The zero-order valence-corrected chi connectivity index (χ0v) is 21.2. The molecule has 188 valence electrons. The molecule has 1 unspecified atom stereocenters. The summed E-state index contributed by atoms with van der Waals surface area (Å²) in [6.07, 6.45) is 1.05. The molecular formula is C28H31N3O4S. The smallest absolute Gasteiger partial charge is 0.255 e. The Kier molecular flexibility index (Phi) is 7.20. The van der Waals surface area contributed by atoms with Gasteiger partial charge in [-0.15, -0.1) is 0 Å². The molecule has 36 heavy (non-hydrogen) atoms. The second-order valence-electron chi connectivity index (χ2n) is 9.28. The Balaban J connectivity index is 1.21. The number of benzene rings is 3. The van der Waals surface area contributed by atoms with E-state index in [9.17, 15) is 13.2 Å². The number of fused-ring (bicyclic) bond motifs is 1. The molecule has 2 heterocycles. The van der Waals surface area contributed by atoms with Crippen molar-refractivity contribution >= 4 is 21.6 Å². The van der Waals surface area contributed by atoms with Crippen LogP contribution in [0.3, 0.4) is 0 Å². The third-order valence-corrected chi connectivity index (χ3v) is 9.00. The van der Waals surface area contributed by atoms with Crippen LogP contribution in [0.4, 0.5) is 5.69 Å². The summed E-state index contributed by atoms with van der Waals surface area (Å²) >= 11 is 0. The Morgan fingerprint density at radius 3 is 2.25 bits per heavy atom. The van der Waals surface area contributed by atoms with E-state index in [1.165, 1.54) is 33.1 Å². The predicted molar refractivity (Wildman–Crippen MR) is 139 cm³/mol. The lowest BCUT2D eigenvalue weighted by atomic mass is 9.96. The summed E-state index contributed by atoms with van der Waals surface area (Å²) in [6, 6.07) is 22.9. The number of nitrogens with one attached hydrogen (secondary N) is 1. The number of morpholine rings is 1. The van der Waals surface area contributed by atoms with Crippen LogP contribution in [-0.4, -0.2) is 56.4 Å². The molecule has 5 rings (SSSR count). The largest absolute Gasteiger partial charge is 0.379 e. The molecule has 1 fully saturated rings. The van der Waals surface area contributed by atoms with Crippen LogP contribution in [0.1, 0.15) is 40.0 Å². The van der Waals surface area contributed by atoms with E-state index < -0.39 is 10.0 Å². The number of carbonyl (C=O) groups excluding carboxylic acids is 1. The Morgan fingerprint density at radius 1 is 0.889 bits per heavy atom. The van der Waals surface area contributed by atoms with Gasteiger partial charge in [-0.2, -0.15) is 4.31 Å². The van der Waals surface area contributed by atoms with Gasteiger partial charge < -0.3 is 10.1 Å². The van der Waals surface area contributed by atoms with Crippen molar-refractivity contribution in [2.45, 2.75) is 30.8 Å². The van der Waals surface area contributed by atoms with E-state index in [4.69, 9.17) is 4.74 Å². The molecule has 0 saturated carbocycles. The number of nitrogens with zero attached hydrogens (tertiary/aromatic N) is 2. The number of amides is 1. The molecule has 0 aromatic heterocycles. The third kappa shape index (κ3) is 5.22. The highest BCUT2D eigenvalue weighted by molar-refractivity contribution is 7.89. The molecule has 1 N–H and O–H groups in total. The van der Waals surface area contributed by atoms with Gasteiger partial charge in [-0.05, 0) is 66.4 Å². The fourth-order valence-corrected chi connectivity index (χ4v) is 6.23. The number of hydrogen-bond acceptors (Lipinski definition) is 5. The minimum atomic E-state index is -3.56. The summed E-state index contributed by atoms with van der Waals surface area (Å²) in [5, 5.41) is 2.86. The van der Waals surface area contributed by atoms with Crippen LogP contribution in [-0.2, 0) is 27.7 Å². The molecule has 0 aliphatic carbocycles. The van der Waals surface area contributed by atoms with Gasteiger partial charge in [0.05, 0.1) is 18.1 Å². The molecule has 1 saturated heterocycles. The SMILES string of the molecule is CC(c1ccc(C(=O)Nc2ccc(S(=O)(=O)N3CCOCC3)cc2)cc1)N1CCc2ccccc2C1. The fourth-order valence-electron chi connectivity index (χ4n) is 4.82. The molecule has 2 aliphatic rings. The Bertz CT molecular complexity index is 1320. The van der Waals surface area contributed by atoms with Crippen LogP contribution < -0.4 is 5.32 Å². The normalized spacial score (nSPS) is 17.8. The van der Waals surface area contributed by atoms with E-state index in [1.54, 1.807) is 12.1 Å². The van der Waals surface area contributed by atoms with Gasteiger partial charge in [0, 0.05) is 43.5 Å². The van der Waals surface area contributed by atoms with E-state index >= 15 is 0 Å². The minimum absolute atomic E-state index is 0.209. The number of hydrogen-bond donors (Lipinski definition) is 1. The topological polar surface area (TPSA) is 79.0 Å². The molecule has 1 atom stereocenters. The van der Waals surface area contributed by atoms with Crippen molar-refractivity contribution in [3.63, 3.8) is 0 Å². The molecule has 8 heteroatoms. The average Bonchev–Trinajstić information content (AvgIpc) is 2.93. The Labute approximate surface area is 212 Å². The van der Waals surface area contributed by atoms with Crippen LogP contribution in [0.5, 0.6) is 0 Å². The van der Waals surface area contributed by atoms with Gasteiger partial charge in [-0.1, -0.05) is 36.4 Å². The lowest BCUT2D eigenvalue weighted by Crippen LogP contribution is -2.40. The summed E-state index contributed by atoms with van der Waals surface area (Å²) < 4.78 is 32.2. The second kappa shape index (κ2) is 10.5. The fraction of sp³-hybridized carbons (Fsp3) is 0.321. The number of anilines is 1. The highest BCUT2D eigenvalue weighted by atomic mass is 32.2. The standard InChI is InChI=1S/C28H31N3O4S/c1-21(30-15-14-23-4-2-3-5-25(23)20-30)22-6-8-24(9-7-22)28(32)29-26-10-12-27(13-11-26)36(33,34)31-16-18-35-19-17-31/h2-13,21H,14-20H2,1H3,(H,29,32). The van der Waals surface area contributed by atoms with E-state index in [2.05, 4.69) is 41.4 Å².